The molecule has 1 aromatic rings. The quantitative estimate of drug-likeness (QED) is 0.820. The van der Waals surface area contributed by atoms with Crippen molar-refractivity contribution in [3.05, 3.63) is 28.2 Å². The maximum absolute atomic E-state index is 12.0. The van der Waals surface area contributed by atoms with Crippen LogP contribution in [0.4, 0.5) is 0 Å². The predicted octanol–water partition coefficient (Wildman–Crippen LogP) is 3.68. The van der Waals surface area contributed by atoms with Gasteiger partial charge in [-0.25, -0.2) is 0 Å². The van der Waals surface area contributed by atoms with Gasteiger partial charge in [-0.1, -0.05) is 12.8 Å². The molecule has 1 fully saturated rings. The van der Waals surface area contributed by atoms with Crippen molar-refractivity contribution in [3.63, 3.8) is 0 Å². The first-order valence-electron chi connectivity index (χ1n) is 6.48. The second-order valence-electron chi connectivity index (χ2n) is 4.94. The van der Waals surface area contributed by atoms with Crippen molar-refractivity contribution in [1.82, 2.24) is 5.32 Å². The molecule has 0 saturated heterocycles. The molecule has 0 spiro atoms. The van der Waals surface area contributed by atoms with Gasteiger partial charge >= 0.3 is 0 Å². The number of carbonyl (C=O) groups excluding carboxylic acids is 1. The van der Waals surface area contributed by atoms with E-state index >= 15 is 0 Å². The molecular formula is C14H17BrClNO2. The molecule has 1 aliphatic carbocycles. The lowest BCUT2D eigenvalue weighted by Gasteiger charge is -2.27. The molecule has 0 bridgehead atoms. The van der Waals surface area contributed by atoms with Crippen LogP contribution in [-0.2, 0) is 0 Å². The number of amides is 1. The van der Waals surface area contributed by atoms with E-state index in [-0.39, 0.29) is 17.0 Å². The third-order valence-electron chi connectivity index (χ3n) is 3.55. The van der Waals surface area contributed by atoms with Gasteiger partial charge in [0.25, 0.3) is 5.91 Å². The fourth-order valence-electron chi connectivity index (χ4n) is 2.37. The first-order valence-corrected chi connectivity index (χ1v) is 7.71. The molecule has 2 atom stereocenters. The summed E-state index contributed by atoms with van der Waals surface area (Å²) >= 11 is 9.45. The second-order valence-corrected chi connectivity index (χ2v) is 6.35. The molecule has 104 valence electrons. The Hall–Kier alpha value is -0.740. The zero-order chi connectivity index (χ0) is 13.8. The molecule has 1 saturated carbocycles. The molecule has 19 heavy (non-hydrogen) atoms. The van der Waals surface area contributed by atoms with Gasteiger partial charge in [-0.05, 0) is 52.9 Å². The average molecular weight is 347 g/mol. The topological polar surface area (TPSA) is 49.3 Å². The van der Waals surface area contributed by atoms with Gasteiger partial charge in [0.2, 0.25) is 0 Å². The number of phenols is 1. The zero-order valence-corrected chi connectivity index (χ0v) is 12.9. The Morgan fingerprint density at radius 3 is 2.84 bits per heavy atom. The molecular weight excluding hydrogens is 330 g/mol. The molecule has 1 aliphatic rings. The summed E-state index contributed by atoms with van der Waals surface area (Å²) in [5.74, 6) is 0.251. The molecule has 2 rings (SSSR count). The van der Waals surface area contributed by atoms with Crippen molar-refractivity contribution in [3.8, 4) is 5.75 Å². The second kappa shape index (κ2) is 6.62. The van der Waals surface area contributed by atoms with Crippen molar-refractivity contribution in [2.75, 3.05) is 6.54 Å². The van der Waals surface area contributed by atoms with E-state index in [0.717, 1.165) is 12.8 Å². The monoisotopic (exact) mass is 345 g/mol. The van der Waals surface area contributed by atoms with Gasteiger partial charge in [0.15, 0.2) is 0 Å². The highest BCUT2D eigenvalue weighted by Gasteiger charge is 2.23. The number of halogens is 2. The first-order chi connectivity index (χ1) is 9.08. The Balaban J connectivity index is 1.91. The van der Waals surface area contributed by atoms with Crippen LogP contribution in [0.1, 0.15) is 36.0 Å². The van der Waals surface area contributed by atoms with Crippen LogP contribution in [0.2, 0.25) is 0 Å². The number of nitrogens with one attached hydrogen (secondary N) is 1. The van der Waals surface area contributed by atoms with Crippen LogP contribution in [0.15, 0.2) is 22.7 Å². The number of aromatic hydroxyl groups is 1. The fraction of sp³-hybridized carbons (Fsp3) is 0.500. The highest BCUT2D eigenvalue weighted by atomic mass is 79.9. The molecule has 0 radical (unpaired) electrons. The van der Waals surface area contributed by atoms with E-state index in [9.17, 15) is 9.90 Å². The van der Waals surface area contributed by atoms with E-state index in [4.69, 9.17) is 11.6 Å². The summed E-state index contributed by atoms with van der Waals surface area (Å²) < 4.78 is 0.581. The van der Waals surface area contributed by atoms with Crippen LogP contribution in [0.5, 0.6) is 5.75 Å². The van der Waals surface area contributed by atoms with Crippen molar-refractivity contribution in [1.29, 1.82) is 0 Å². The number of carbonyl (C=O) groups is 1. The molecule has 5 heteroatoms. The summed E-state index contributed by atoms with van der Waals surface area (Å²) in [6.07, 6.45) is 4.46. The van der Waals surface area contributed by atoms with Crippen LogP contribution >= 0.6 is 27.5 Å². The van der Waals surface area contributed by atoms with E-state index in [2.05, 4.69) is 21.2 Å². The maximum atomic E-state index is 12.0. The average Bonchev–Trinajstić information content (AvgIpc) is 2.40. The van der Waals surface area contributed by atoms with Gasteiger partial charge in [-0.2, -0.15) is 0 Å². The number of rotatable bonds is 3. The number of alkyl halides is 1. The Labute approximate surface area is 126 Å². The third kappa shape index (κ3) is 3.86. The van der Waals surface area contributed by atoms with E-state index in [0.29, 0.717) is 22.5 Å². The standard InChI is InChI=1S/C14H17BrClNO2/c15-11-6-5-9(7-13(11)18)14(19)17-8-10-3-1-2-4-12(10)16/h5-7,10,12,18H,1-4,8H2,(H,17,19). The number of benzene rings is 1. The van der Waals surface area contributed by atoms with Crippen molar-refractivity contribution in [2.45, 2.75) is 31.1 Å². The van der Waals surface area contributed by atoms with E-state index < -0.39 is 0 Å². The highest BCUT2D eigenvalue weighted by molar-refractivity contribution is 9.10. The lowest BCUT2D eigenvalue weighted by molar-refractivity contribution is 0.0943. The number of phenolic OH excluding ortho intramolecular Hbond substituents is 1. The highest BCUT2D eigenvalue weighted by Crippen LogP contribution is 2.28. The van der Waals surface area contributed by atoms with Gasteiger partial charge in [0, 0.05) is 17.5 Å². The number of hydrogen-bond donors (Lipinski definition) is 2. The largest absolute Gasteiger partial charge is 0.507 e. The summed E-state index contributed by atoms with van der Waals surface area (Å²) in [6.45, 7) is 0.601. The minimum Gasteiger partial charge on any atom is -0.507 e. The van der Waals surface area contributed by atoms with Crippen LogP contribution in [0.25, 0.3) is 0 Å². The van der Waals surface area contributed by atoms with Crippen LogP contribution in [0.3, 0.4) is 0 Å². The predicted molar refractivity (Wildman–Crippen MR) is 79.7 cm³/mol. The summed E-state index contributed by atoms with van der Waals surface area (Å²) in [5, 5.41) is 12.6. The fourth-order valence-corrected chi connectivity index (χ4v) is 2.99. The van der Waals surface area contributed by atoms with E-state index in [1.807, 2.05) is 0 Å². The van der Waals surface area contributed by atoms with Crippen molar-refractivity contribution >= 4 is 33.4 Å². The summed E-state index contributed by atoms with van der Waals surface area (Å²) in [6, 6.07) is 4.80. The minimum absolute atomic E-state index is 0.0699. The third-order valence-corrected chi connectivity index (χ3v) is 4.79. The Morgan fingerprint density at radius 2 is 2.16 bits per heavy atom. The lowest BCUT2D eigenvalue weighted by Crippen LogP contribution is -2.34. The Kier molecular flexibility index (Phi) is 5.11. The molecule has 0 aliphatic heterocycles. The number of hydrogen-bond acceptors (Lipinski definition) is 2. The van der Waals surface area contributed by atoms with Gasteiger partial charge in [0.1, 0.15) is 5.75 Å². The molecule has 1 aromatic carbocycles. The van der Waals surface area contributed by atoms with Crippen LogP contribution < -0.4 is 5.32 Å². The van der Waals surface area contributed by atoms with Gasteiger partial charge in [0.05, 0.1) is 4.47 Å². The van der Waals surface area contributed by atoms with Crippen molar-refractivity contribution < 1.29 is 9.90 Å². The zero-order valence-electron chi connectivity index (χ0n) is 10.5. The van der Waals surface area contributed by atoms with Gasteiger partial charge < -0.3 is 10.4 Å². The summed E-state index contributed by atoms with van der Waals surface area (Å²) in [4.78, 5) is 12.0. The molecule has 0 aromatic heterocycles. The smallest absolute Gasteiger partial charge is 0.251 e. The van der Waals surface area contributed by atoms with Crippen molar-refractivity contribution in [2.24, 2.45) is 5.92 Å². The van der Waals surface area contributed by atoms with E-state index in [1.165, 1.54) is 18.9 Å². The SMILES string of the molecule is O=C(NCC1CCCCC1Cl)c1ccc(Br)c(O)c1. The Morgan fingerprint density at radius 1 is 1.42 bits per heavy atom. The Bertz CT molecular complexity index is 467. The molecule has 1 amide bonds. The minimum atomic E-state index is -0.169. The maximum Gasteiger partial charge on any atom is 0.251 e. The van der Waals surface area contributed by atoms with Gasteiger partial charge in [-0.15, -0.1) is 11.6 Å². The van der Waals surface area contributed by atoms with Gasteiger partial charge in [-0.3, -0.25) is 4.79 Å². The van der Waals surface area contributed by atoms with Crippen LogP contribution in [0, 0.1) is 5.92 Å². The van der Waals surface area contributed by atoms with E-state index in [1.54, 1.807) is 12.1 Å². The molecule has 2 N–H and O–H groups in total. The molecule has 3 nitrogen and oxygen atoms in total. The normalized spacial score (nSPS) is 23.1. The first kappa shape index (κ1) is 14.7. The van der Waals surface area contributed by atoms with Crippen LogP contribution in [-0.4, -0.2) is 22.9 Å². The summed E-state index contributed by atoms with van der Waals surface area (Å²) in [7, 11) is 0. The lowest BCUT2D eigenvalue weighted by atomic mass is 9.88. The summed E-state index contributed by atoms with van der Waals surface area (Å²) in [5.41, 5.74) is 0.461. The molecule has 0 heterocycles. The molecule has 2 unspecified atom stereocenters.